The van der Waals surface area contributed by atoms with Crippen molar-refractivity contribution in [3.63, 3.8) is 0 Å². The van der Waals surface area contributed by atoms with E-state index < -0.39 is 5.82 Å². The summed E-state index contributed by atoms with van der Waals surface area (Å²) in [6.45, 7) is 3.15. The minimum Gasteiger partial charge on any atom is -0.497 e. The number of aryl methyl sites for hydroxylation is 1. The van der Waals surface area contributed by atoms with E-state index in [-0.39, 0.29) is 18.6 Å². The Labute approximate surface area is 231 Å². The number of ether oxygens (including phenoxy) is 3. The van der Waals surface area contributed by atoms with E-state index in [0.717, 1.165) is 12.8 Å². The van der Waals surface area contributed by atoms with Crippen molar-refractivity contribution >= 4 is 17.5 Å². The smallest absolute Gasteiger partial charge is 0.254 e. The van der Waals surface area contributed by atoms with Gasteiger partial charge in [0.15, 0.2) is 0 Å². The number of rotatable bonds is 9. The Morgan fingerprint density at radius 1 is 1.13 bits per heavy atom. The first kappa shape index (κ1) is 26.7. The summed E-state index contributed by atoms with van der Waals surface area (Å²) in [5, 5.41) is 5.32. The van der Waals surface area contributed by atoms with Gasteiger partial charge < -0.3 is 19.1 Å². The van der Waals surface area contributed by atoms with Crippen LogP contribution in [0.1, 0.15) is 34.5 Å². The van der Waals surface area contributed by atoms with Crippen molar-refractivity contribution in [1.82, 2.24) is 14.7 Å². The van der Waals surface area contributed by atoms with Gasteiger partial charge in [-0.25, -0.2) is 9.07 Å². The maximum Gasteiger partial charge on any atom is 0.254 e. The van der Waals surface area contributed by atoms with Crippen molar-refractivity contribution in [3.05, 3.63) is 100 Å². The molecule has 4 aromatic rings. The summed E-state index contributed by atoms with van der Waals surface area (Å²) < 4.78 is 33.2. The number of hydrogen-bond acceptors (Lipinski definition) is 5. The summed E-state index contributed by atoms with van der Waals surface area (Å²) in [7, 11) is 1.57. The second kappa shape index (κ2) is 11.9. The van der Waals surface area contributed by atoms with Crippen LogP contribution >= 0.6 is 11.6 Å². The molecule has 1 fully saturated rings. The molecule has 1 amide bonds. The molecule has 7 nitrogen and oxygen atoms in total. The molecular formula is C30H29ClFN3O4. The van der Waals surface area contributed by atoms with Crippen LogP contribution in [0.25, 0.3) is 5.69 Å². The molecule has 2 heterocycles. The lowest BCUT2D eigenvalue weighted by atomic mass is 10.1. The van der Waals surface area contributed by atoms with E-state index in [1.165, 1.54) is 12.1 Å². The molecule has 39 heavy (non-hydrogen) atoms. The standard InChI is InChI=1S/C30H29ClFN3O4/c1-20-28(19-34(18-27-10-5-15-38-27)29(36)21-6-3-8-25(16-21)37-2)30(39-26-9-4-7-23(32)17-26)35(33-20)24-13-11-22(31)12-14-24/h3-4,6-9,11-14,16-17,27H,5,10,15,18-19H2,1-2H3. The largest absolute Gasteiger partial charge is 0.497 e. The number of methoxy groups -OCH3 is 1. The van der Waals surface area contributed by atoms with Gasteiger partial charge in [-0.15, -0.1) is 0 Å². The van der Waals surface area contributed by atoms with Crippen LogP contribution in [0.2, 0.25) is 5.02 Å². The third kappa shape index (κ3) is 6.24. The van der Waals surface area contributed by atoms with Crippen molar-refractivity contribution in [2.24, 2.45) is 0 Å². The SMILES string of the molecule is COc1cccc(C(=O)N(Cc2c(C)nn(-c3ccc(Cl)cc3)c2Oc2cccc(F)c2)CC2CCCO2)c1. The highest BCUT2D eigenvalue weighted by Gasteiger charge is 2.28. The van der Waals surface area contributed by atoms with E-state index >= 15 is 0 Å². The van der Waals surface area contributed by atoms with Crippen molar-refractivity contribution in [3.8, 4) is 23.1 Å². The number of carbonyl (C=O) groups excluding carboxylic acids is 1. The predicted octanol–water partition coefficient (Wildman–Crippen LogP) is 6.60. The molecule has 0 saturated carbocycles. The van der Waals surface area contributed by atoms with E-state index in [2.05, 4.69) is 0 Å². The van der Waals surface area contributed by atoms with Crippen LogP contribution in [0.5, 0.6) is 17.4 Å². The topological polar surface area (TPSA) is 65.8 Å². The third-order valence-electron chi connectivity index (χ3n) is 6.62. The number of benzene rings is 3. The first-order valence-electron chi connectivity index (χ1n) is 12.7. The zero-order valence-electron chi connectivity index (χ0n) is 21.8. The molecule has 1 saturated heterocycles. The van der Waals surface area contributed by atoms with E-state index in [1.54, 1.807) is 65.2 Å². The molecule has 3 aromatic carbocycles. The molecular weight excluding hydrogens is 521 g/mol. The van der Waals surface area contributed by atoms with E-state index in [9.17, 15) is 9.18 Å². The van der Waals surface area contributed by atoms with Gasteiger partial charge in [0.25, 0.3) is 5.91 Å². The van der Waals surface area contributed by atoms with Gasteiger partial charge >= 0.3 is 0 Å². The lowest BCUT2D eigenvalue weighted by Crippen LogP contribution is -2.37. The molecule has 1 aromatic heterocycles. The quantitative estimate of drug-likeness (QED) is 0.235. The number of carbonyl (C=O) groups is 1. The fourth-order valence-electron chi connectivity index (χ4n) is 4.61. The van der Waals surface area contributed by atoms with E-state index in [4.69, 9.17) is 30.9 Å². The van der Waals surface area contributed by atoms with Crippen molar-refractivity contribution < 1.29 is 23.4 Å². The average molecular weight is 550 g/mol. The summed E-state index contributed by atoms with van der Waals surface area (Å²) in [4.78, 5) is 15.6. The number of amides is 1. The van der Waals surface area contributed by atoms with Gasteiger partial charge in [0.05, 0.1) is 36.7 Å². The molecule has 1 aliphatic rings. The first-order chi connectivity index (χ1) is 18.9. The fraction of sp³-hybridized carbons (Fsp3) is 0.267. The summed E-state index contributed by atoms with van der Waals surface area (Å²) >= 11 is 6.12. The Bertz CT molecular complexity index is 1450. The highest BCUT2D eigenvalue weighted by Crippen LogP contribution is 2.33. The molecule has 0 radical (unpaired) electrons. The number of halogens is 2. The van der Waals surface area contributed by atoms with Crippen molar-refractivity contribution in [2.45, 2.75) is 32.4 Å². The fourth-order valence-corrected chi connectivity index (χ4v) is 4.73. The Balaban J connectivity index is 1.56. The lowest BCUT2D eigenvalue weighted by Gasteiger charge is -2.26. The van der Waals surface area contributed by atoms with Crippen LogP contribution in [0.15, 0.2) is 72.8 Å². The molecule has 0 spiro atoms. The second-order valence-electron chi connectivity index (χ2n) is 9.37. The molecule has 1 atom stereocenters. The molecule has 0 bridgehead atoms. The van der Waals surface area contributed by atoms with Gasteiger partial charge in [-0.05, 0) is 74.4 Å². The molecule has 1 unspecified atom stereocenters. The zero-order valence-corrected chi connectivity index (χ0v) is 22.5. The van der Waals surface area contributed by atoms with E-state index in [0.29, 0.717) is 58.1 Å². The third-order valence-corrected chi connectivity index (χ3v) is 6.87. The van der Waals surface area contributed by atoms with Gasteiger partial charge in [-0.1, -0.05) is 23.7 Å². The van der Waals surface area contributed by atoms with Crippen molar-refractivity contribution in [2.75, 3.05) is 20.3 Å². The summed E-state index contributed by atoms with van der Waals surface area (Å²) in [6.07, 6.45) is 1.75. The van der Waals surface area contributed by atoms with Gasteiger partial charge in [0.2, 0.25) is 5.88 Å². The molecule has 5 rings (SSSR count). The molecule has 0 N–H and O–H groups in total. The summed E-state index contributed by atoms with van der Waals surface area (Å²) in [5.41, 5.74) is 2.59. The highest BCUT2D eigenvalue weighted by molar-refractivity contribution is 6.30. The zero-order chi connectivity index (χ0) is 27.4. The second-order valence-corrected chi connectivity index (χ2v) is 9.81. The molecule has 9 heteroatoms. The maximum absolute atomic E-state index is 14.0. The van der Waals surface area contributed by atoms with Crippen LogP contribution < -0.4 is 9.47 Å². The average Bonchev–Trinajstić information content (AvgIpc) is 3.56. The number of nitrogens with zero attached hydrogens (tertiary/aromatic N) is 3. The van der Waals surface area contributed by atoms with Gasteiger partial charge in [0, 0.05) is 29.8 Å². The van der Waals surface area contributed by atoms with E-state index in [1.807, 2.05) is 19.1 Å². The van der Waals surface area contributed by atoms with Crippen LogP contribution in [-0.2, 0) is 11.3 Å². The Hall–Kier alpha value is -3.88. The van der Waals surface area contributed by atoms with Crippen LogP contribution in [0.3, 0.4) is 0 Å². The van der Waals surface area contributed by atoms with Crippen LogP contribution in [0.4, 0.5) is 4.39 Å². The maximum atomic E-state index is 14.0. The molecule has 0 aliphatic carbocycles. The Morgan fingerprint density at radius 2 is 1.90 bits per heavy atom. The monoisotopic (exact) mass is 549 g/mol. The predicted molar refractivity (Wildman–Crippen MR) is 146 cm³/mol. The minimum atomic E-state index is -0.420. The van der Waals surface area contributed by atoms with Crippen molar-refractivity contribution in [1.29, 1.82) is 0 Å². The van der Waals surface area contributed by atoms with Gasteiger partial charge in [-0.2, -0.15) is 5.10 Å². The molecule has 202 valence electrons. The Kier molecular flexibility index (Phi) is 8.14. The van der Waals surface area contributed by atoms with Gasteiger partial charge in [0.1, 0.15) is 17.3 Å². The highest BCUT2D eigenvalue weighted by atomic mass is 35.5. The van der Waals surface area contributed by atoms with Crippen LogP contribution in [-0.4, -0.2) is 47.0 Å². The van der Waals surface area contributed by atoms with Crippen LogP contribution in [0, 0.1) is 12.7 Å². The lowest BCUT2D eigenvalue weighted by molar-refractivity contribution is 0.0505. The minimum absolute atomic E-state index is 0.0706. The Morgan fingerprint density at radius 3 is 2.62 bits per heavy atom. The van der Waals surface area contributed by atoms with Gasteiger partial charge in [-0.3, -0.25) is 4.79 Å². The summed E-state index contributed by atoms with van der Waals surface area (Å²) in [6, 6.07) is 20.2. The normalized spacial score (nSPS) is 14.8. The number of aromatic nitrogens is 2. The number of hydrogen-bond donors (Lipinski definition) is 0. The molecule has 1 aliphatic heterocycles. The summed E-state index contributed by atoms with van der Waals surface area (Å²) in [5.74, 6) is 0.712. The first-order valence-corrected chi connectivity index (χ1v) is 13.1.